The number of carbonyl (C=O) groups is 1. The van der Waals surface area contributed by atoms with E-state index in [1.54, 1.807) is 48.5 Å². The normalized spacial score (nSPS) is 12.6. The summed E-state index contributed by atoms with van der Waals surface area (Å²) in [7, 11) is 0. The lowest BCUT2D eigenvalue weighted by Crippen LogP contribution is -2.49. The van der Waals surface area contributed by atoms with Crippen LogP contribution in [-0.4, -0.2) is 15.9 Å². The predicted molar refractivity (Wildman–Crippen MR) is 101 cm³/mol. The van der Waals surface area contributed by atoms with Gasteiger partial charge in [0.25, 0.3) is 5.91 Å². The zero-order valence-corrected chi connectivity index (χ0v) is 16.1. The maximum absolute atomic E-state index is 12.3. The van der Waals surface area contributed by atoms with Crippen molar-refractivity contribution in [3.8, 4) is 0 Å². The van der Waals surface area contributed by atoms with Crippen molar-refractivity contribution in [2.45, 2.75) is 9.96 Å². The molecule has 0 aromatic heterocycles. The van der Waals surface area contributed by atoms with E-state index >= 15 is 0 Å². The monoisotopic (exact) mass is 454 g/mol. The van der Waals surface area contributed by atoms with Crippen molar-refractivity contribution in [2.24, 2.45) is 0 Å². The van der Waals surface area contributed by atoms with Crippen molar-refractivity contribution in [3.05, 3.63) is 63.6 Å². The highest BCUT2D eigenvalue weighted by molar-refractivity contribution is 9.10. The minimum absolute atomic E-state index is 0.365. The lowest BCUT2D eigenvalue weighted by atomic mass is 10.2. The molecule has 0 aliphatic carbocycles. The van der Waals surface area contributed by atoms with Gasteiger partial charge in [-0.25, -0.2) is 0 Å². The van der Waals surface area contributed by atoms with E-state index in [-0.39, 0.29) is 5.91 Å². The number of hydrogen-bond donors (Lipinski definition) is 2. The van der Waals surface area contributed by atoms with Gasteiger partial charge in [-0.2, -0.15) is 0 Å². The van der Waals surface area contributed by atoms with E-state index in [1.807, 2.05) is 0 Å². The molecule has 2 aromatic rings. The Balaban J connectivity index is 2.14. The van der Waals surface area contributed by atoms with Gasteiger partial charge in [0.15, 0.2) is 0 Å². The SMILES string of the molecule is O=C(NC(Nc1ccc(Cl)cc1)C(Cl)(Cl)Cl)c1ccc(Br)cc1. The number of hydrogen-bond acceptors (Lipinski definition) is 2. The van der Waals surface area contributed by atoms with E-state index in [4.69, 9.17) is 46.4 Å². The lowest BCUT2D eigenvalue weighted by molar-refractivity contribution is 0.0942. The molecule has 0 aliphatic heterocycles. The smallest absolute Gasteiger partial charge is 0.252 e. The van der Waals surface area contributed by atoms with Crippen LogP contribution in [0.4, 0.5) is 5.69 Å². The van der Waals surface area contributed by atoms with Gasteiger partial charge >= 0.3 is 0 Å². The summed E-state index contributed by atoms with van der Waals surface area (Å²) in [5, 5.41) is 6.21. The van der Waals surface area contributed by atoms with Crippen molar-refractivity contribution in [2.75, 3.05) is 5.32 Å². The Morgan fingerprint density at radius 3 is 2.09 bits per heavy atom. The highest BCUT2D eigenvalue weighted by Gasteiger charge is 2.34. The lowest BCUT2D eigenvalue weighted by Gasteiger charge is -2.27. The van der Waals surface area contributed by atoms with Gasteiger partial charge in [-0.3, -0.25) is 4.79 Å². The molecular formula is C15H11BrCl4N2O. The molecule has 0 fully saturated rings. The van der Waals surface area contributed by atoms with Crippen LogP contribution in [0, 0.1) is 0 Å². The first-order valence-corrected chi connectivity index (χ1v) is 8.71. The predicted octanol–water partition coefficient (Wildman–Crippen LogP) is 5.64. The first kappa shape index (κ1) is 18.7. The van der Waals surface area contributed by atoms with Gasteiger partial charge in [0.2, 0.25) is 3.79 Å². The molecule has 2 rings (SSSR count). The van der Waals surface area contributed by atoms with Gasteiger partial charge in [0.05, 0.1) is 0 Å². The summed E-state index contributed by atoms with van der Waals surface area (Å²) >= 11 is 27.0. The summed E-state index contributed by atoms with van der Waals surface area (Å²) in [5.74, 6) is -0.365. The molecule has 0 bridgehead atoms. The van der Waals surface area contributed by atoms with Crippen molar-refractivity contribution in [1.82, 2.24) is 5.32 Å². The van der Waals surface area contributed by atoms with Crippen molar-refractivity contribution < 1.29 is 4.79 Å². The highest BCUT2D eigenvalue weighted by atomic mass is 79.9. The minimum atomic E-state index is -1.75. The Hall–Kier alpha value is -0.650. The van der Waals surface area contributed by atoms with Gasteiger partial charge in [0.1, 0.15) is 6.17 Å². The molecule has 8 heteroatoms. The average Bonchev–Trinajstić information content (AvgIpc) is 2.48. The fraction of sp³-hybridized carbons (Fsp3) is 0.133. The molecule has 0 heterocycles. The molecule has 1 unspecified atom stereocenters. The number of carbonyl (C=O) groups excluding carboxylic acids is 1. The third kappa shape index (κ3) is 5.73. The topological polar surface area (TPSA) is 41.1 Å². The van der Waals surface area contributed by atoms with Gasteiger partial charge < -0.3 is 10.6 Å². The molecule has 23 heavy (non-hydrogen) atoms. The van der Waals surface area contributed by atoms with Gasteiger partial charge in [-0.1, -0.05) is 62.3 Å². The van der Waals surface area contributed by atoms with Gasteiger partial charge in [0, 0.05) is 20.7 Å². The zero-order chi connectivity index (χ0) is 17.0. The minimum Gasteiger partial charge on any atom is -0.362 e. The number of nitrogens with one attached hydrogen (secondary N) is 2. The summed E-state index contributed by atoms with van der Waals surface area (Å²) < 4.78 is -0.878. The van der Waals surface area contributed by atoms with Crippen LogP contribution in [0.1, 0.15) is 10.4 Å². The van der Waals surface area contributed by atoms with Crippen LogP contribution in [0.15, 0.2) is 53.0 Å². The molecular weight excluding hydrogens is 446 g/mol. The quantitative estimate of drug-likeness (QED) is 0.461. The summed E-state index contributed by atoms with van der Waals surface area (Å²) in [6.45, 7) is 0. The maximum Gasteiger partial charge on any atom is 0.252 e. The number of halogens is 5. The second-order valence-electron chi connectivity index (χ2n) is 4.61. The first-order chi connectivity index (χ1) is 10.8. The van der Waals surface area contributed by atoms with Crippen LogP contribution in [0.5, 0.6) is 0 Å². The van der Waals surface area contributed by atoms with E-state index in [1.165, 1.54) is 0 Å². The average molecular weight is 457 g/mol. The van der Waals surface area contributed by atoms with Crippen LogP contribution >= 0.6 is 62.3 Å². The van der Waals surface area contributed by atoms with E-state index in [0.29, 0.717) is 16.3 Å². The number of amides is 1. The van der Waals surface area contributed by atoms with Gasteiger partial charge in [-0.15, -0.1) is 0 Å². The van der Waals surface area contributed by atoms with Crippen molar-refractivity contribution in [1.29, 1.82) is 0 Å². The second kappa shape index (κ2) is 7.95. The highest BCUT2D eigenvalue weighted by Crippen LogP contribution is 2.31. The third-order valence-corrected chi connectivity index (χ3v) is 4.30. The molecule has 2 aromatic carbocycles. The van der Waals surface area contributed by atoms with Crippen molar-refractivity contribution >= 4 is 73.9 Å². The Morgan fingerprint density at radius 2 is 1.57 bits per heavy atom. The molecule has 0 saturated heterocycles. The number of anilines is 1. The Kier molecular flexibility index (Phi) is 6.46. The van der Waals surface area contributed by atoms with Crippen LogP contribution < -0.4 is 10.6 Å². The largest absolute Gasteiger partial charge is 0.362 e. The zero-order valence-electron chi connectivity index (χ0n) is 11.5. The van der Waals surface area contributed by atoms with E-state index in [9.17, 15) is 4.79 Å². The fourth-order valence-corrected chi connectivity index (χ4v) is 2.45. The molecule has 0 spiro atoms. The Bertz CT molecular complexity index is 671. The van der Waals surface area contributed by atoms with Gasteiger partial charge in [-0.05, 0) is 48.5 Å². The van der Waals surface area contributed by atoms with E-state index in [2.05, 4.69) is 26.6 Å². The standard InChI is InChI=1S/C15H11BrCl4N2O/c16-10-3-1-9(2-4-10)13(23)22-14(15(18,19)20)21-12-7-5-11(17)6-8-12/h1-8,14,21H,(H,22,23). The Morgan fingerprint density at radius 1 is 1.00 bits per heavy atom. The Labute approximate surface area is 162 Å². The summed E-state index contributed by atoms with van der Waals surface area (Å²) in [4.78, 5) is 12.3. The number of benzene rings is 2. The van der Waals surface area contributed by atoms with E-state index in [0.717, 1.165) is 4.47 Å². The second-order valence-corrected chi connectivity index (χ2v) is 8.33. The molecule has 1 atom stereocenters. The van der Waals surface area contributed by atoms with Crippen LogP contribution in [0.25, 0.3) is 0 Å². The first-order valence-electron chi connectivity index (χ1n) is 6.41. The molecule has 2 N–H and O–H groups in total. The molecule has 0 radical (unpaired) electrons. The molecule has 0 aliphatic rings. The summed E-state index contributed by atoms with van der Waals surface area (Å²) in [6.07, 6.45) is -0.926. The van der Waals surface area contributed by atoms with Crippen LogP contribution in [0.2, 0.25) is 5.02 Å². The number of alkyl halides is 3. The number of rotatable bonds is 4. The van der Waals surface area contributed by atoms with E-state index < -0.39 is 9.96 Å². The van der Waals surface area contributed by atoms with Crippen molar-refractivity contribution in [3.63, 3.8) is 0 Å². The summed E-state index contributed by atoms with van der Waals surface area (Å²) in [5.41, 5.74) is 1.10. The molecule has 3 nitrogen and oxygen atoms in total. The summed E-state index contributed by atoms with van der Waals surface area (Å²) in [6, 6.07) is 13.7. The van der Waals surface area contributed by atoms with Crippen LogP contribution in [0.3, 0.4) is 0 Å². The molecule has 1 amide bonds. The maximum atomic E-state index is 12.3. The molecule has 0 saturated carbocycles. The molecule has 122 valence electrons. The third-order valence-electron chi connectivity index (χ3n) is 2.86. The fourth-order valence-electron chi connectivity index (χ4n) is 1.73. The van der Waals surface area contributed by atoms with Crippen LogP contribution in [-0.2, 0) is 0 Å².